The van der Waals surface area contributed by atoms with Crippen LogP contribution in [0, 0.1) is 21.3 Å². The van der Waals surface area contributed by atoms with Gasteiger partial charge in [-0.05, 0) is 26.0 Å². The molecule has 1 aromatic carbocycles. The van der Waals surface area contributed by atoms with Gasteiger partial charge in [0.2, 0.25) is 5.82 Å². The highest BCUT2D eigenvalue weighted by Gasteiger charge is 2.53. The first-order valence-corrected chi connectivity index (χ1v) is 7.26. The molecule has 6 heteroatoms. The van der Waals surface area contributed by atoms with Crippen LogP contribution >= 0.6 is 0 Å². The van der Waals surface area contributed by atoms with E-state index in [0.717, 1.165) is 31.4 Å². The summed E-state index contributed by atoms with van der Waals surface area (Å²) in [5, 5.41) is 13.9. The average Bonchev–Trinajstić information content (AvgIpc) is 2.44. The van der Waals surface area contributed by atoms with Crippen molar-refractivity contribution < 1.29 is 14.1 Å². The van der Waals surface area contributed by atoms with Crippen molar-refractivity contribution in [2.45, 2.75) is 45.3 Å². The normalized spacial score (nSPS) is 23.4. The van der Waals surface area contributed by atoms with Gasteiger partial charge in [0, 0.05) is 30.0 Å². The second kappa shape index (κ2) is 5.97. The van der Waals surface area contributed by atoms with Gasteiger partial charge in [0.1, 0.15) is 11.9 Å². The van der Waals surface area contributed by atoms with E-state index < -0.39 is 16.4 Å². The SMILES string of the molecule is CCC1(CC)C(NC)CC1Oc1ccc([N+](=O)[O-])c(F)c1. The molecule has 1 aliphatic rings. The minimum absolute atomic E-state index is 0.00538. The Kier molecular flexibility index (Phi) is 4.46. The number of hydrogen-bond acceptors (Lipinski definition) is 4. The first-order chi connectivity index (χ1) is 9.98. The lowest BCUT2D eigenvalue weighted by Crippen LogP contribution is -2.63. The molecule has 2 rings (SSSR count). The monoisotopic (exact) mass is 296 g/mol. The summed E-state index contributed by atoms with van der Waals surface area (Å²) in [6.07, 6.45) is 2.80. The van der Waals surface area contributed by atoms with E-state index in [1.54, 1.807) is 0 Å². The standard InChI is InChI=1S/C15H21FN2O3/c1-4-15(5-2)13(17-3)9-14(15)21-10-6-7-12(18(19)20)11(16)8-10/h6-8,13-14,17H,4-5,9H2,1-3H3. The lowest BCUT2D eigenvalue weighted by molar-refractivity contribution is -0.387. The quantitative estimate of drug-likeness (QED) is 0.646. The predicted molar refractivity (Wildman–Crippen MR) is 78.0 cm³/mol. The molecule has 0 spiro atoms. The zero-order valence-electron chi connectivity index (χ0n) is 12.6. The van der Waals surface area contributed by atoms with Crippen LogP contribution in [0.15, 0.2) is 18.2 Å². The predicted octanol–water partition coefficient (Wildman–Crippen LogP) is 3.28. The molecule has 21 heavy (non-hydrogen) atoms. The first kappa shape index (κ1) is 15.7. The molecule has 0 saturated heterocycles. The Bertz CT molecular complexity index is 532. The number of benzene rings is 1. The topological polar surface area (TPSA) is 64.4 Å². The van der Waals surface area contributed by atoms with E-state index >= 15 is 0 Å². The zero-order chi connectivity index (χ0) is 15.6. The second-order valence-electron chi connectivity index (χ2n) is 5.49. The summed E-state index contributed by atoms with van der Waals surface area (Å²) in [6.45, 7) is 4.25. The Balaban J connectivity index is 2.15. The number of rotatable bonds is 6. The summed E-state index contributed by atoms with van der Waals surface area (Å²) in [6, 6.07) is 4.10. The second-order valence-corrected chi connectivity index (χ2v) is 5.49. The third kappa shape index (κ3) is 2.60. The van der Waals surface area contributed by atoms with Crippen LogP contribution < -0.4 is 10.1 Å². The van der Waals surface area contributed by atoms with Crippen molar-refractivity contribution in [3.05, 3.63) is 34.1 Å². The summed E-state index contributed by atoms with van der Waals surface area (Å²) in [4.78, 5) is 9.88. The molecule has 5 nitrogen and oxygen atoms in total. The van der Waals surface area contributed by atoms with E-state index in [9.17, 15) is 14.5 Å². The summed E-state index contributed by atoms with van der Waals surface area (Å²) in [7, 11) is 1.94. The van der Waals surface area contributed by atoms with Gasteiger partial charge in [-0.1, -0.05) is 13.8 Å². The van der Waals surface area contributed by atoms with Crippen LogP contribution in [-0.4, -0.2) is 24.1 Å². The molecule has 0 bridgehead atoms. The van der Waals surface area contributed by atoms with Gasteiger partial charge in [0.15, 0.2) is 0 Å². The number of ether oxygens (including phenoxy) is 1. The van der Waals surface area contributed by atoms with E-state index in [4.69, 9.17) is 4.74 Å². The van der Waals surface area contributed by atoms with Crippen LogP contribution in [0.3, 0.4) is 0 Å². The molecule has 0 heterocycles. The van der Waals surface area contributed by atoms with Gasteiger partial charge in [-0.25, -0.2) is 0 Å². The van der Waals surface area contributed by atoms with Crippen LogP contribution in [0.25, 0.3) is 0 Å². The molecule has 2 unspecified atom stereocenters. The maximum absolute atomic E-state index is 13.6. The average molecular weight is 296 g/mol. The van der Waals surface area contributed by atoms with Crippen molar-refractivity contribution >= 4 is 5.69 Å². The molecule has 1 fully saturated rings. The lowest BCUT2D eigenvalue weighted by Gasteiger charge is -2.55. The molecule has 1 saturated carbocycles. The molecular formula is C15H21FN2O3. The minimum atomic E-state index is -0.861. The summed E-state index contributed by atoms with van der Waals surface area (Å²) in [5.74, 6) is -0.510. The van der Waals surface area contributed by atoms with Crippen molar-refractivity contribution in [1.82, 2.24) is 5.32 Å². The van der Waals surface area contributed by atoms with Gasteiger partial charge in [-0.2, -0.15) is 4.39 Å². The van der Waals surface area contributed by atoms with Gasteiger partial charge in [-0.15, -0.1) is 0 Å². The minimum Gasteiger partial charge on any atom is -0.490 e. The number of nitrogens with zero attached hydrogens (tertiary/aromatic N) is 1. The van der Waals surface area contributed by atoms with Gasteiger partial charge in [-0.3, -0.25) is 10.1 Å². The molecule has 2 atom stereocenters. The Morgan fingerprint density at radius 3 is 2.62 bits per heavy atom. The number of halogens is 1. The molecule has 0 aromatic heterocycles. The molecule has 116 valence electrons. The Morgan fingerprint density at radius 2 is 2.14 bits per heavy atom. The van der Waals surface area contributed by atoms with Crippen LogP contribution in [0.4, 0.5) is 10.1 Å². The molecule has 1 aliphatic carbocycles. The van der Waals surface area contributed by atoms with E-state index in [1.165, 1.54) is 6.07 Å². The summed E-state index contributed by atoms with van der Waals surface area (Å²) in [5.41, 5.74) is -0.492. The molecule has 0 aliphatic heterocycles. The number of nitrogens with one attached hydrogen (secondary N) is 1. The van der Waals surface area contributed by atoms with E-state index in [1.807, 2.05) is 7.05 Å². The van der Waals surface area contributed by atoms with E-state index in [2.05, 4.69) is 19.2 Å². The van der Waals surface area contributed by atoms with Crippen LogP contribution in [0.5, 0.6) is 5.75 Å². The van der Waals surface area contributed by atoms with Crippen molar-refractivity contribution in [2.75, 3.05) is 7.05 Å². The maximum Gasteiger partial charge on any atom is 0.305 e. The van der Waals surface area contributed by atoms with E-state index in [-0.39, 0.29) is 11.5 Å². The highest BCUT2D eigenvalue weighted by atomic mass is 19.1. The third-order valence-corrected chi connectivity index (χ3v) is 4.84. The van der Waals surface area contributed by atoms with E-state index in [0.29, 0.717) is 11.8 Å². The number of nitro groups is 1. The fourth-order valence-electron chi connectivity index (χ4n) is 3.39. The molecular weight excluding hydrogens is 275 g/mol. The van der Waals surface area contributed by atoms with Crippen LogP contribution in [0.2, 0.25) is 0 Å². The van der Waals surface area contributed by atoms with Gasteiger partial charge in [0.05, 0.1) is 4.92 Å². The van der Waals surface area contributed by atoms with Crippen LogP contribution in [0.1, 0.15) is 33.1 Å². The summed E-state index contributed by atoms with van der Waals surface area (Å²) < 4.78 is 19.5. The Hall–Kier alpha value is -1.69. The molecule has 1 N–H and O–H groups in total. The zero-order valence-corrected chi connectivity index (χ0v) is 12.6. The van der Waals surface area contributed by atoms with Crippen molar-refractivity contribution in [3.8, 4) is 5.75 Å². The third-order valence-electron chi connectivity index (χ3n) is 4.84. The van der Waals surface area contributed by atoms with Crippen LogP contribution in [-0.2, 0) is 0 Å². The van der Waals surface area contributed by atoms with Gasteiger partial charge < -0.3 is 10.1 Å². The highest BCUT2D eigenvalue weighted by molar-refractivity contribution is 5.38. The maximum atomic E-state index is 13.6. The smallest absolute Gasteiger partial charge is 0.305 e. The fourth-order valence-corrected chi connectivity index (χ4v) is 3.39. The number of nitro benzene ring substituents is 1. The van der Waals surface area contributed by atoms with Gasteiger partial charge >= 0.3 is 5.69 Å². The molecule has 0 amide bonds. The Labute approximate surface area is 123 Å². The fraction of sp³-hybridized carbons (Fsp3) is 0.600. The van der Waals surface area contributed by atoms with Crippen molar-refractivity contribution in [3.63, 3.8) is 0 Å². The number of hydrogen-bond donors (Lipinski definition) is 1. The summed E-state index contributed by atoms with van der Waals surface area (Å²) >= 11 is 0. The highest BCUT2D eigenvalue weighted by Crippen LogP contribution is 2.48. The lowest BCUT2D eigenvalue weighted by atomic mass is 9.58. The van der Waals surface area contributed by atoms with Gasteiger partial charge in [0.25, 0.3) is 0 Å². The largest absolute Gasteiger partial charge is 0.490 e. The van der Waals surface area contributed by atoms with Crippen molar-refractivity contribution in [2.24, 2.45) is 5.41 Å². The van der Waals surface area contributed by atoms with Crippen molar-refractivity contribution in [1.29, 1.82) is 0 Å². The Morgan fingerprint density at radius 1 is 1.48 bits per heavy atom. The molecule has 0 radical (unpaired) electrons. The first-order valence-electron chi connectivity index (χ1n) is 7.26. The molecule has 1 aromatic rings.